The van der Waals surface area contributed by atoms with E-state index in [1.54, 1.807) is 0 Å². The lowest BCUT2D eigenvalue weighted by Crippen LogP contribution is -2.09. The average molecular weight is 305 g/mol. The number of aromatic amines is 1. The van der Waals surface area contributed by atoms with E-state index in [0.29, 0.717) is 11.5 Å². The van der Waals surface area contributed by atoms with Gasteiger partial charge in [0, 0.05) is 22.9 Å². The molecule has 0 fully saturated rings. The molecule has 0 aliphatic carbocycles. The van der Waals surface area contributed by atoms with Gasteiger partial charge < -0.3 is 10.7 Å². The molecule has 0 saturated carbocycles. The van der Waals surface area contributed by atoms with E-state index in [1.807, 2.05) is 49.4 Å². The zero-order valence-electron chi connectivity index (χ0n) is 13.3. The van der Waals surface area contributed by atoms with Crippen LogP contribution in [-0.2, 0) is 6.42 Å². The Labute approximate surface area is 135 Å². The molecule has 116 valence electrons. The van der Waals surface area contributed by atoms with Crippen molar-refractivity contribution >= 4 is 5.69 Å². The number of nitrogens with zero attached hydrogens (tertiary/aromatic N) is 1. The lowest BCUT2D eigenvalue weighted by molar-refractivity contribution is 1.12. The number of aryl methyl sites for hydroxylation is 2. The maximum Gasteiger partial charge on any atom is 0.251 e. The van der Waals surface area contributed by atoms with Crippen molar-refractivity contribution in [2.45, 2.75) is 20.3 Å². The van der Waals surface area contributed by atoms with E-state index in [1.165, 1.54) is 6.07 Å². The first-order valence-corrected chi connectivity index (χ1v) is 7.64. The van der Waals surface area contributed by atoms with E-state index in [2.05, 4.69) is 16.9 Å². The van der Waals surface area contributed by atoms with Gasteiger partial charge in [-0.3, -0.25) is 4.79 Å². The Morgan fingerprint density at radius 2 is 1.91 bits per heavy atom. The Balaban J connectivity index is 2.13. The van der Waals surface area contributed by atoms with Crippen molar-refractivity contribution in [1.29, 1.82) is 0 Å². The van der Waals surface area contributed by atoms with E-state index < -0.39 is 0 Å². The molecule has 4 heteroatoms. The molecule has 0 radical (unpaired) electrons. The second kappa shape index (κ2) is 6.08. The number of nitrogen functional groups attached to an aromatic ring is 1. The van der Waals surface area contributed by atoms with Gasteiger partial charge in [0.1, 0.15) is 5.82 Å². The fraction of sp³-hybridized carbons (Fsp3) is 0.158. The molecule has 3 N–H and O–H groups in total. The fourth-order valence-corrected chi connectivity index (χ4v) is 2.65. The number of H-pyrrole nitrogens is 1. The highest BCUT2D eigenvalue weighted by molar-refractivity contribution is 5.68. The second-order valence-electron chi connectivity index (χ2n) is 5.56. The van der Waals surface area contributed by atoms with Gasteiger partial charge >= 0.3 is 0 Å². The van der Waals surface area contributed by atoms with E-state index in [-0.39, 0.29) is 5.56 Å². The van der Waals surface area contributed by atoms with E-state index >= 15 is 0 Å². The van der Waals surface area contributed by atoms with Crippen LogP contribution in [0.1, 0.15) is 18.1 Å². The van der Waals surface area contributed by atoms with Gasteiger partial charge in [-0.25, -0.2) is 4.98 Å². The molecule has 3 rings (SSSR count). The molecule has 0 aliphatic heterocycles. The summed E-state index contributed by atoms with van der Waals surface area (Å²) in [5, 5.41) is 0. The normalized spacial score (nSPS) is 10.7. The van der Waals surface area contributed by atoms with Gasteiger partial charge in [-0.05, 0) is 30.5 Å². The topological polar surface area (TPSA) is 71.8 Å². The summed E-state index contributed by atoms with van der Waals surface area (Å²) in [6.07, 6.45) is 0.878. The van der Waals surface area contributed by atoms with Crippen LogP contribution in [-0.4, -0.2) is 9.97 Å². The molecule has 23 heavy (non-hydrogen) atoms. The molecule has 0 atom stereocenters. The third-order valence-corrected chi connectivity index (χ3v) is 3.96. The van der Waals surface area contributed by atoms with E-state index in [9.17, 15) is 4.79 Å². The number of rotatable bonds is 3. The summed E-state index contributed by atoms with van der Waals surface area (Å²) in [6.45, 7) is 4.06. The summed E-state index contributed by atoms with van der Waals surface area (Å²) >= 11 is 0. The molecular formula is C19H19N3O. The zero-order valence-corrected chi connectivity index (χ0v) is 13.3. The highest BCUT2D eigenvalue weighted by Crippen LogP contribution is 2.25. The van der Waals surface area contributed by atoms with Gasteiger partial charge in [0.2, 0.25) is 0 Å². The van der Waals surface area contributed by atoms with Crippen LogP contribution in [0.15, 0.2) is 53.3 Å². The highest BCUT2D eigenvalue weighted by Gasteiger charge is 2.09. The van der Waals surface area contributed by atoms with Crippen LogP contribution in [0, 0.1) is 6.92 Å². The first kappa shape index (κ1) is 15.0. The van der Waals surface area contributed by atoms with Crippen molar-refractivity contribution in [3.63, 3.8) is 0 Å². The first-order chi connectivity index (χ1) is 11.1. The average Bonchev–Trinajstić information content (AvgIpc) is 2.54. The molecule has 4 nitrogen and oxygen atoms in total. The molecule has 3 aromatic rings. The Kier molecular flexibility index (Phi) is 3.98. The number of aromatic nitrogens is 2. The predicted molar refractivity (Wildman–Crippen MR) is 94.3 cm³/mol. The van der Waals surface area contributed by atoms with Crippen molar-refractivity contribution in [2.24, 2.45) is 0 Å². The number of hydrogen-bond donors (Lipinski definition) is 2. The van der Waals surface area contributed by atoms with Crippen molar-refractivity contribution < 1.29 is 0 Å². The minimum Gasteiger partial charge on any atom is -0.398 e. The monoisotopic (exact) mass is 305 g/mol. The van der Waals surface area contributed by atoms with Crippen LogP contribution in [0.4, 0.5) is 5.69 Å². The van der Waals surface area contributed by atoms with Crippen LogP contribution >= 0.6 is 0 Å². The quantitative estimate of drug-likeness (QED) is 0.727. The molecule has 0 saturated heterocycles. The summed E-state index contributed by atoms with van der Waals surface area (Å²) in [4.78, 5) is 19.5. The maximum absolute atomic E-state index is 12.1. The van der Waals surface area contributed by atoms with Gasteiger partial charge in [-0.15, -0.1) is 0 Å². The standard InChI is InChI=1S/C19H19N3O/c1-3-13-8-9-14(10-16(13)20)17-11-18(23)22-19(21-17)15-7-5-4-6-12(15)2/h4-11H,3,20H2,1-2H3,(H,21,22,23). The molecule has 0 spiro atoms. The lowest BCUT2D eigenvalue weighted by atomic mass is 10.0. The van der Waals surface area contributed by atoms with Crippen molar-refractivity contribution in [1.82, 2.24) is 9.97 Å². The van der Waals surface area contributed by atoms with Crippen LogP contribution < -0.4 is 11.3 Å². The maximum atomic E-state index is 12.1. The number of hydrogen-bond acceptors (Lipinski definition) is 3. The third-order valence-electron chi connectivity index (χ3n) is 3.96. The van der Waals surface area contributed by atoms with E-state index in [0.717, 1.165) is 34.4 Å². The number of nitrogens with two attached hydrogens (primary N) is 1. The Bertz CT molecular complexity index is 912. The molecule has 1 aromatic heterocycles. The SMILES string of the molecule is CCc1ccc(-c2cc(=O)[nH]c(-c3ccccc3C)n2)cc1N. The molecule has 0 aliphatic rings. The van der Waals surface area contributed by atoms with Crippen LogP contribution in [0.3, 0.4) is 0 Å². The molecule has 0 unspecified atom stereocenters. The minimum atomic E-state index is -0.175. The molecule has 0 bridgehead atoms. The minimum absolute atomic E-state index is 0.175. The Morgan fingerprint density at radius 1 is 1.13 bits per heavy atom. The van der Waals surface area contributed by atoms with Gasteiger partial charge in [0.05, 0.1) is 5.69 Å². The molecular weight excluding hydrogens is 286 g/mol. The summed E-state index contributed by atoms with van der Waals surface area (Å²) in [5.74, 6) is 0.573. The molecule has 0 amide bonds. The summed E-state index contributed by atoms with van der Waals surface area (Å²) < 4.78 is 0. The van der Waals surface area contributed by atoms with Crippen molar-refractivity contribution in [3.05, 3.63) is 70.0 Å². The van der Waals surface area contributed by atoms with Crippen molar-refractivity contribution in [3.8, 4) is 22.6 Å². The summed E-state index contributed by atoms with van der Waals surface area (Å²) in [7, 11) is 0. The van der Waals surface area contributed by atoms with Crippen LogP contribution in [0.5, 0.6) is 0 Å². The van der Waals surface area contributed by atoms with Crippen LogP contribution in [0.2, 0.25) is 0 Å². The van der Waals surface area contributed by atoms with Gasteiger partial charge in [-0.1, -0.05) is 43.3 Å². The molecule has 1 heterocycles. The van der Waals surface area contributed by atoms with E-state index in [4.69, 9.17) is 5.73 Å². The van der Waals surface area contributed by atoms with Gasteiger partial charge in [-0.2, -0.15) is 0 Å². The van der Waals surface area contributed by atoms with Crippen molar-refractivity contribution in [2.75, 3.05) is 5.73 Å². The number of anilines is 1. The summed E-state index contributed by atoms with van der Waals surface area (Å²) in [5.41, 5.74) is 11.2. The fourth-order valence-electron chi connectivity index (χ4n) is 2.65. The summed E-state index contributed by atoms with van der Waals surface area (Å²) in [6, 6.07) is 15.2. The smallest absolute Gasteiger partial charge is 0.251 e. The highest BCUT2D eigenvalue weighted by atomic mass is 16.1. The number of nitrogens with one attached hydrogen (secondary N) is 1. The first-order valence-electron chi connectivity index (χ1n) is 7.64. The zero-order chi connectivity index (χ0) is 16.4. The second-order valence-corrected chi connectivity index (χ2v) is 5.56. The molecule has 2 aromatic carbocycles. The lowest BCUT2D eigenvalue weighted by Gasteiger charge is -2.09. The Hall–Kier alpha value is -2.88. The predicted octanol–water partition coefficient (Wildman–Crippen LogP) is 3.56. The van der Waals surface area contributed by atoms with Gasteiger partial charge in [0.25, 0.3) is 5.56 Å². The van der Waals surface area contributed by atoms with Crippen LogP contribution in [0.25, 0.3) is 22.6 Å². The Morgan fingerprint density at radius 3 is 2.61 bits per heavy atom. The number of benzene rings is 2. The third kappa shape index (κ3) is 3.01. The van der Waals surface area contributed by atoms with Gasteiger partial charge in [0.15, 0.2) is 0 Å². The largest absolute Gasteiger partial charge is 0.398 e.